The maximum absolute atomic E-state index is 12.7. The first-order valence-corrected chi connectivity index (χ1v) is 9.90. The van der Waals surface area contributed by atoms with Gasteiger partial charge in [0, 0.05) is 25.6 Å². The van der Waals surface area contributed by atoms with Crippen molar-refractivity contribution in [3.05, 3.63) is 30.1 Å². The number of nitrogens with zero attached hydrogens (tertiary/aromatic N) is 3. The SMILES string of the molecule is CCc1nc2ccccc2n1CC(=O)N[C@@H]1CC[C@@H](N2CCOCC2)[C@@H]1O. The Morgan fingerprint density at radius 2 is 2.07 bits per heavy atom. The van der Waals surface area contributed by atoms with Gasteiger partial charge in [0.15, 0.2) is 0 Å². The number of aliphatic hydroxyl groups excluding tert-OH is 1. The van der Waals surface area contributed by atoms with E-state index in [1.54, 1.807) is 0 Å². The van der Waals surface area contributed by atoms with E-state index in [0.717, 1.165) is 49.2 Å². The number of nitrogens with one attached hydrogen (secondary N) is 1. The van der Waals surface area contributed by atoms with Gasteiger partial charge in [0.2, 0.25) is 5.91 Å². The Kier molecular flexibility index (Phi) is 5.43. The number of carbonyl (C=O) groups excluding carboxylic acids is 1. The molecule has 2 aromatic rings. The molecule has 1 amide bonds. The lowest BCUT2D eigenvalue weighted by molar-refractivity contribution is -0.123. The molecule has 3 atom stereocenters. The second-order valence-electron chi connectivity index (χ2n) is 7.41. The number of para-hydroxylation sites is 2. The molecular formula is C20H28N4O3. The molecule has 0 bridgehead atoms. The van der Waals surface area contributed by atoms with Gasteiger partial charge in [-0.15, -0.1) is 0 Å². The first-order chi connectivity index (χ1) is 13.2. The smallest absolute Gasteiger partial charge is 0.240 e. The number of ether oxygens (including phenoxy) is 1. The Morgan fingerprint density at radius 1 is 1.30 bits per heavy atom. The van der Waals surface area contributed by atoms with Crippen molar-refractivity contribution in [1.82, 2.24) is 19.8 Å². The Balaban J connectivity index is 1.41. The molecule has 4 rings (SSSR count). The topological polar surface area (TPSA) is 79.6 Å². The average molecular weight is 372 g/mol. The first kappa shape index (κ1) is 18.4. The molecule has 1 aromatic heterocycles. The van der Waals surface area contributed by atoms with Crippen LogP contribution in [0.25, 0.3) is 11.0 Å². The molecule has 27 heavy (non-hydrogen) atoms. The number of rotatable bonds is 5. The summed E-state index contributed by atoms with van der Waals surface area (Å²) in [4.78, 5) is 19.6. The lowest BCUT2D eigenvalue weighted by Gasteiger charge is -2.34. The normalized spacial score (nSPS) is 26.5. The van der Waals surface area contributed by atoms with E-state index in [-0.39, 0.29) is 24.5 Å². The summed E-state index contributed by atoms with van der Waals surface area (Å²) in [5.41, 5.74) is 1.89. The highest BCUT2D eigenvalue weighted by atomic mass is 16.5. The fourth-order valence-electron chi connectivity index (χ4n) is 4.39. The second-order valence-corrected chi connectivity index (χ2v) is 7.41. The van der Waals surface area contributed by atoms with Gasteiger partial charge >= 0.3 is 0 Å². The van der Waals surface area contributed by atoms with Crippen LogP contribution >= 0.6 is 0 Å². The molecule has 2 aliphatic rings. The van der Waals surface area contributed by atoms with E-state index < -0.39 is 6.10 Å². The number of amides is 1. The van der Waals surface area contributed by atoms with Gasteiger partial charge in [-0.2, -0.15) is 0 Å². The molecule has 1 saturated carbocycles. The summed E-state index contributed by atoms with van der Waals surface area (Å²) in [7, 11) is 0. The third-order valence-electron chi connectivity index (χ3n) is 5.79. The second kappa shape index (κ2) is 7.96. The molecule has 2 heterocycles. The van der Waals surface area contributed by atoms with Crippen molar-refractivity contribution < 1.29 is 14.6 Å². The quantitative estimate of drug-likeness (QED) is 0.817. The molecule has 1 saturated heterocycles. The monoisotopic (exact) mass is 372 g/mol. The van der Waals surface area contributed by atoms with E-state index in [1.807, 2.05) is 35.8 Å². The van der Waals surface area contributed by atoms with E-state index in [9.17, 15) is 9.90 Å². The maximum atomic E-state index is 12.7. The van der Waals surface area contributed by atoms with Crippen molar-refractivity contribution in [1.29, 1.82) is 0 Å². The Bertz CT molecular complexity index is 800. The minimum Gasteiger partial charge on any atom is -0.389 e. The molecular weight excluding hydrogens is 344 g/mol. The van der Waals surface area contributed by atoms with Crippen LogP contribution in [0.15, 0.2) is 24.3 Å². The third-order valence-corrected chi connectivity index (χ3v) is 5.79. The van der Waals surface area contributed by atoms with E-state index in [1.165, 1.54) is 0 Å². The number of hydrogen-bond donors (Lipinski definition) is 2. The van der Waals surface area contributed by atoms with Crippen LogP contribution in [0.1, 0.15) is 25.6 Å². The number of benzene rings is 1. The van der Waals surface area contributed by atoms with E-state index >= 15 is 0 Å². The Labute approximate surface area is 159 Å². The molecule has 0 spiro atoms. The van der Waals surface area contributed by atoms with Gasteiger partial charge in [0.1, 0.15) is 12.4 Å². The zero-order chi connectivity index (χ0) is 18.8. The molecule has 1 aliphatic carbocycles. The van der Waals surface area contributed by atoms with Gasteiger partial charge in [0.05, 0.1) is 36.4 Å². The van der Waals surface area contributed by atoms with Crippen LogP contribution in [0.4, 0.5) is 0 Å². The van der Waals surface area contributed by atoms with Crippen molar-refractivity contribution in [2.75, 3.05) is 26.3 Å². The zero-order valence-electron chi connectivity index (χ0n) is 15.8. The van der Waals surface area contributed by atoms with Crippen molar-refractivity contribution >= 4 is 16.9 Å². The largest absolute Gasteiger partial charge is 0.389 e. The summed E-state index contributed by atoms with van der Waals surface area (Å²) in [6.45, 7) is 5.41. The zero-order valence-corrected chi connectivity index (χ0v) is 15.8. The molecule has 0 radical (unpaired) electrons. The molecule has 7 nitrogen and oxygen atoms in total. The molecule has 146 valence electrons. The van der Waals surface area contributed by atoms with E-state index in [0.29, 0.717) is 13.2 Å². The number of aryl methyl sites for hydroxylation is 1. The minimum atomic E-state index is -0.530. The van der Waals surface area contributed by atoms with Crippen LogP contribution in [0, 0.1) is 0 Å². The minimum absolute atomic E-state index is 0.0699. The average Bonchev–Trinajstić information content (AvgIpc) is 3.23. The summed E-state index contributed by atoms with van der Waals surface area (Å²) in [6.07, 6.45) is 1.95. The van der Waals surface area contributed by atoms with Crippen LogP contribution in [0.2, 0.25) is 0 Å². The number of fused-ring (bicyclic) bond motifs is 1. The van der Waals surface area contributed by atoms with E-state index in [2.05, 4.69) is 15.2 Å². The van der Waals surface area contributed by atoms with Gasteiger partial charge in [-0.3, -0.25) is 9.69 Å². The number of imidazole rings is 1. The van der Waals surface area contributed by atoms with Gasteiger partial charge in [0.25, 0.3) is 0 Å². The van der Waals surface area contributed by atoms with Crippen molar-refractivity contribution in [2.45, 2.75) is 50.9 Å². The van der Waals surface area contributed by atoms with Gasteiger partial charge in [-0.25, -0.2) is 4.98 Å². The number of carbonyl (C=O) groups is 1. The first-order valence-electron chi connectivity index (χ1n) is 9.90. The highest BCUT2D eigenvalue weighted by Gasteiger charge is 2.39. The maximum Gasteiger partial charge on any atom is 0.240 e. The van der Waals surface area contributed by atoms with Gasteiger partial charge < -0.3 is 19.7 Å². The summed E-state index contributed by atoms with van der Waals surface area (Å²) < 4.78 is 7.38. The van der Waals surface area contributed by atoms with Crippen molar-refractivity contribution in [3.63, 3.8) is 0 Å². The molecule has 2 fully saturated rings. The highest BCUT2D eigenvalue weighted by Crippen LogP contribution is 2.26. The van der Waals surface area contributed by atoms with Gasteiger partial charge in [-0.05, 0) is 25.0 Å². The Morgan fingerprint density at radius 3 is 2.85 bits per heavy atom. The number of aromatic nitrogens is 2. The highest BCUT2D eigenvalue weighted by molar-refractivity contribution is 5.81. The summed E-state index contributed by atoms with van der Waals surface area (Å²) in [6, 6.07) is 7.81. The lowest BCUT2D eigenvalue weighted by Crippen LogP contribution is -2.51. The van der Waals surface area contributed by atoms with Crippen molar-refractivity contribution in [3.8, 4) is 0 Å². The summed E-state index contributed by atoms with van der Waals surface area (Å²) in [5.74, 6) is 0.837. The standard InChI is InChI=1S/C20H28N4O3/c1-2-18-21-14-5-3-4-6-16(14)24(18)13-19(25)22-15-7-8-17(20(15)26)23-9-11-27-12-10-23/h3-6,15,17,20,26H,2,7-13H2,1H3,(H,22,25)/t15-,17-,20-/m1/s1. The Hall–Kier alpha value is -1.96. The predicted molar refractivity (Wildman–Crippen MR) is 102 cm³/mol. The molecule has 1 aliphatic heterocycles. The molecule has 1 aromatic carbocycles. The van der Waals surface area contributed by atoms with Gasteiger partial charge in [-0.1, -0.05) is 19.1 Å². The summed E-state index contributed by atoms with van der Waals surface area (Å²) >= 11 is 0. The lowest BCUT2D eigenvalue weighted by atomic mass is 10.1. The third kappa shape index (κ3) is 3.72. The fourth-order valence-corrected chi connectivity index (χ4v) is 4.39. The van der Waals surface area contributed by atoms with Crippen LogP contribution in [-0.2, 0) is 22.5 Å². The number of aliphatic hydroxyl groups is 1. The van der Waals surface area contributed by atoms with E-state index in [4.69, 9.17) is 4.74 Å². The number of morpholine rings is 1. The fraction of sp³-hybridized carbons (Fsp3) is 0.600. The predicted octanol–water partition coefficient (Wildman–Crippen LogP) is 0.939. The molecule has 0 unspecified atom stereocenters. The number of hydrogen-bond acceptors (Lipinski definition) is 5. The van der Waals surface area contributed by atoms with Crippen molar-refractivity contribution in [2.24, 2.45) is 0 Å². The molecule has 7 heteroatoms. The van der Waals surface area contributed by atoms with Crippen LogP contribution in [-0.4, -0.2) is 70.0 Å². The van der Waals surface area contributed by atoms with Crippen LogP contribution in [0.3, 0.4) is 0 Å². The van der Waals surface area contributed by atoms with Crippen LogP contribution < -0.4 is 5.32 Å². The van der Waals surface area contributed by atoms with Crippen LogP contribution in [0.5, 0.6) is 0 Å². The molecule has 2 N–H and O–H groups in total. The summed E-state index contributed by atoms with van der Waals surface area (Å²) in [5, 5.41) is 13.8.